The van der Waals surface area contributed by atoms with Crippen molar-refractivity contribution in [1.82, 2.24) is 25.3 Å². The maximum atomic E-state index is 15.0. The van der Waals surface area contributed by atoms with Gasteiger partial charge in [0.1, 0.15) is 12.1 Å². The minimum Gasteiger partial charge on any atom is -0.489 e. The number of hydrogen-bond acceptors (Lipinski definition) is 8. The van der Waals surface area contributed by atoms with Gasteiger partial charge in [-0.3, -0.25) is 0 Å². The van der Waals surface area contributed by atoms with E-state index < -0.39 is 5.82 Å². The molecule has 3 N–H and O–H groups in total. The molecule has 9 nitrogen and oxygen atoms in total. The molecule has 1 fully saturated rings. The van der Waals surface area contributed by atoms with Gasteiger partial charge in [-0.2, -0.15) is 4.98 Å². The van der Waals surface area contributed by atoms with Crippen LogP contribution in [0, 0.1) is 12.7 Å². The Morgan fingerprint density at radius 3 is 2.70 bits per heavy atom. The van der Waals surface area contributed by atoms with E-state index in [1.54, 1.807) is 18.2 Å². The number of piperazine rings is 1. The summed E-state index contributed by atoms with van der Waals surface area (Å²) in [6.07, 6.45) is 3.15. The standard InChI is InChI=1S/C23H24FN7O2/c1-14-11-16-17(29-14)4-5-18(20(16)24)33-23-21(32-2)22(27-13-28-23)30-19-6-3-15(12-26-19)31-9-7-25-8-10-31/h3-6,11-13,25,29H,7-10H2,1-2H3,(H,26,27,28,30). The van der Waals surface area contributed by atoms with E-state index in [4.69, 9.17) is 9.47 Å². The molecule has 0 amide bonds. The lowest BCUT2D eigenvalue weighted by molar-refractivity contribution is 0.361. The van der Waals surface area contributed by atoms with Crippen molar-refractivity contribution in [2.45, 2.75) is 6.92 Å². The second kappa shape index (κ2) is 8.91. The summed E-state index contributed by atoms with van der Waals surface area (Å²) in [5.74, 6) is 0.865. The molecule has 4 aromatic rings. The third kappa shape index (κ3) is 4.24. The quantitative estimate of drug-likeness (QED) is 0.409. The number of hydrogen-bond donors (Lipinski definition) is 3. The number of halogens is 1. The molecule has 0 radical (unpaired) electrons. The number of methoxy groups -OCH3 is 1. The van der Waals surface area contributed by atoms with Crippen molar-refractivity contribution >= 4 is 28.2 Å². The SMILES string of the molecule is COc1c(Nc2ccc(N3CCNCC3)cn2)ncnc1Oc1ccc2[nH]c(C)cc2c1F. The Bertz CT molecular complexity index is 1270. The van der Waals surface area contributed by atoms with Crippen molar-refractivity contribution in [3.05, 3.63) is 54.4 Å². The second-order valence-electron chi connectivity index (χ2n) is 7.72. The van der Waals surface area contributed by atoms with E-state index in [0.717, 1.165) is 37.6 Å². The van der Waals surface area contributed by atoms with Crippen molar-refractivity contribution in [3.8, 4) is 17.4 Å². The maximum Gasteiger partial charge on any atom is 0.268 e. The Balaban J connectivity index is 1.38. The zero-order valence-corrected chi connectivity index (χ0v) is 18.4. The van der Waals surface area contributed by atoms with Crippen LogP contribution in [-0.2, 0) is 0 Å². The van der Waals surface area contributed by atoms with Crippen LogP contribution in [0.5, 0.6) is 17.4 Å². The van der Waals surface area contributed by atoms with Crippen LogP contribution in [0.1, 0.15) is 5.69 Å². The first kappa shape index (κ1) is 21.0. The summed E-state index contributed by atoms with van der Waals surface area (Å²) >= 11 is 0. The number of fused-ring (bicyclic) bond motifs is 1. The smallest absolute Gasteiger partial charge is 0.268 e. The summed E-state index contributed by atoms with van der Waals surface area (Å²) in [6, 6.07) is 8.93. The molecule has 0 atom stereocenters. The average Bonchev–Trinajstić information content (AvgIpc) is 3.23. The average molecular weight is 449 g/mol. The third-order valence-electron chi connectivity index (χ3n) is 5.50. The molecule has 10 heteroatoms. The highest BCUT2D eigenvalue weighted by Gasteiger charge is 2.19. The summed E-state index contributed by atoms with van der Waals surface area (Å²) in [4.78, 5) is 18.3. The van der Waals surface area contributed by atoms with Crippen LogP contribution in [0.4, 0.5) is 21.7 Å². The summed E-state index contributed by atoms with van der Waals surface area (Å²) in [5, 5.41) is 6.92. The molecule has 33 heavy (non-hydrogen) atoms. The number of aromatic nitrogens is 4. The topological polar surface area (TPSA) is 100 Å². The van der Waals surface area contributed by atoms with Gasteiger partial charge in [0.25, 0.3) is 5.88 Å². The number of nitrogens with one attached hydrogen (secondary N) is 3. The molecule has 3 aromatic heterocycles. The normalized spacial score (nSPS) is 13.8. The number of benzene rings is 1. The van der Waals surface area contributed by atoms with Gasteiger partial charge in [0.05, 0.1) is 19.0 Å². The van der Waals surface area contributed by atoms with Crippen molar-refractivity contribution in [2.75, 3.05) is 43.5 Å². The van der Waals surface area contributed by atoms with Crippen LogP contribution in [0.3, 0.4) is 0 Å². The number of anilines is 3. The monoisotopic (exact) mass is 449 g/mol. The van der Waals surface area contributed by atoms with Crippen LogP contribution in [0.25, 0.3) is 10.9 Å². The van der Waals surface area contributed by atoms with Gasteiger partial charge in [-0.25, -0.2) is 14.4 Å². The fourth-order valence-electron chi connectivity index (χ4n) is 3.87. The number of nitrogens with zero attached hydrogens (tertiary/aromatic N) is 4. The molecular formula is C23H24FN7O2. The Morgan fingerprint density at radius 1 is 1.09 bits per heavy atom. The molecule has 0 saturated carbocycles. The van der Waals surface area contributed by atoms with Gasteiger partial charge in [-0.1, -0.05) is 0 Å². The fourth-order valence-corrected chi connectivity index (χ4v) is 3.87. The van der Waals surface area contributed by atoms with Gasteiger partial charge in [0, 0.05) is 42.8 Å². The fraction of sp³-hybridized carbons (Fsp3) is 0.261. The third-order valence-corrected chi connectivity index (χ3v) is 5.50. The lowest BCUT2D eigenvalue weighted by Gasteiger charge is -2.29. The molecule has 0 unspecified atom stereocenters. The highest BCUT2D eigenvalue weighted by Crippen LogP contribution is 2.37. The maximum absolute atomic E-state index is 15.0. The molecule has 5 rings (SSSR count). The molecule has 1 saturated heterocycles. The molecule has 4 heterocycles. The Labute approximate surface area is 190 Å². The summed E-state index contributed by atoms with van der Waals surface area (Å²) in [5.41, 5.74) is 2.62. The molecular weight excluding hydrogens is 425 g/mol. The summed E-state index contributed by atoms with van der Waals surface area (Å²) in [7, 11) is 1.48. The largest absolute Gasteiger partial charge is 0.489 e. The first-order valence-electron chi connectivity index (χ1n) is 10.7. The first-order chi connectivity index (χ1) is 16.1. The zero-order valence-electron chi connectivity index (χ0n) is 18.4. The first-order valence-corrected chi connectivity index (χ1v) is 10.7. The number of aromatic amines is 1. The molecule has 0 aliphatic carbocycles. The van der Waals surface area contributed by atoms with Gasteiger partial charge in [0.15, 0.2) is 17.4 Å². The van der Waals surface area contributed by atoms with E-state index >= 15 is 0 Å². The van der Waals surface area contributed by atoms with Crippen LogP contribution < -0.4 is 25.0 Å². The Morgan fingerprint density at radius 2 is 1.94 bits per heavy atom. The Kier molecular flexibility index (Phi) is 5.66. The Hall–Kier alpha value is -3.92. The van der Waals surface area contributed by atoms with Crippen molar-refractivity contribution < 1.29 is 13.9 Å². The van der Waals surface area contributed by atoms with Crippen LogP contribution in [-0.4, -0.2) is 53.2 Å². The van der Waals surface area contributed by atoms with Crippen LogP contribution in [0.2, 0.25) is 0 Å². The van der Waals surface area contributed by atoms with E-state index in [9.17, 15) is 4.39 Å². The predicted molar refractivity (Wildman–Crippen MR) is 124 cm³/mol. The van der Waals surface area contributed by atoms with Crippen molar-refractivity contribution in [3.63, 3.8) is 0 Å². The van der Waals surface area contributed by atoms with Crippen molar-refractivity contribution in [1.29, 1.82) is 0 Å². The highest BCUT2D eigenvalue weighted by atomic mass is 19.1. The number of pyridine rings is 1. The lowest BCUT2D eigenvalue weighted by atomic mass is 10.2. The number of ether oxygens (including phenoxy) is 2. The van der Waals surface area contributed by atoms with Gasteiger partial charge in [-0.05, 0) is 37.3 Å². The molecule has 0 spiro atoms. The summed E-state index contributed by atoms with van der Waals surface area (Å²) < 4.78 is 26.3. The minimum atomic E-state index is -0.475. The van der Waals surface area contributed by atoms with Gasteiger partial charge >= 0.3 is 0 Å². The number of aryl methyl sites for hydroxylation is 1. The molecule has 1 aliphatic rings. The van der Waals surface area contributed by atoms with Crippen LogP contribution >= 0.6 is 0 Å². The number of rotatable bonds is 6. The van der Waals surface area contributed by atoms with E-state index in [1.807, 2.05) is 25.3 Å². The zero-order chi connectivity index (χ0) is 22.8. The van der Waals surface area contributed by atoms with E-state index in [0.29, 0.717) is 22.5 Å². The van der Waals surface area contributed by atoms with Gasteiger partial charge in [0.2, 0.25) is 5.75 Å². The molecule has 0 bridgehead atoms. The lowest BCUT2D eigenvalue weighted by Crippen LogP contribution is -2.43. The minimum absolute atomic E-state index is 0.0444. The van der Waals surface area contributed by atoms with Gasteiger partial charge < -0.3 is 30.0 Å². The second-order valence-corrected chi connectivity index (χ2v) is 7.72. The summed E-state index contributed by atoms with van der Waals surface area (Å²) in [6.45, 7) is 5.67. The number of H-pyrrole nitrogens is 1. The molecule has 1 aliphatic heterocycles. The highest BCUT2D eigenvalue weighted by molar-refractivity contribution is 5.83. The molecule has 1 aromatic carbocycles. The molecule has 170 valence electrons. The predicted octanol–water partition coefficient (Wildman–Crippen LogP) is 3.75. The van der Waals surface area contributed by atoms with Crippen molar-refractivity contribution in [2.24, 2.45) is 0 Å². The van der Waals surface area contributed by atoms with Gasteiger partial charge in [-0.15, -0.1) is 0 Å². The van der Waals surface area contributed by atoms with E-state index in [2.05, 4.69) is 35.5 Å². The van der Waals surface area contributed by atoms with Crippen LogP contribution in [0.15, 0.2) is 42.9 Å². The van der Waals surface area contributed by atoms with E-state index in [1.165, 1.54) is 13.4 Å². The van der Waals surface area contributed by atoms with E-state index in [-0.39, 0.29) is 17.4 Å².